The lowest BCUT2D eigenvalue weighted by atomic mass is 10.2. The highest BCUT2D eigenvalue weighted by molar-refractivity contribution is 7.16. The second-order valence-electron chi connectivity index (χ2n) is 6.65. The minimum atomic E-state index is -0.0118. The van der Waals surface area contributed by atoms with Crippen LogP contribution in [0.15, 0.2) is 34.9 Å². The number of furan rings is 1. The molecule has 6 nitrogen and oxygen atoms in total. The summed E-state index contributed by atoms with van der Waals surface area (Å²) in [5, 5.41) is 3.04. The molecule has 1 aliphatic rings. The second kappa shape index (κ2) is 8.90. The van der Waals surface area contributed by atoms with E-state index in [1.807, 2.05) is 42.1 Å². The number of thiophene rings is 1. The summed E-state index contributed by atoms with van der Waals surface area (Å²) in [6.07, 6.45) is 1.66. The molecule has 0 saturated carbocycles. The van der Waals surface area contributed by atoms with Crippen LogP contribution in [0.4, 0.5) is 4.79 Å². The fourth-order valence-electron chi connectivity index (χ4n) is 3.08. The van der Waals surface area contributed by atoms with Gasteiger partial charge in [-0.05, 0) is 38.4 Å². The van der Waals surface area contributed by atoms with Crippen LogP contribution in [0.3, 0.4) is 0 Å². The number of nitrogens with zero attached hydrogens (tertiary/aromatic N) is 3. The highest BCUT2D eigenvalue weighted by atomic mass is 35.5. The molecule has 3 rings (SSSR count). The van der Waals surface area contributed by atoms with E-state index in [-0.39, 0.29) is 12.1 Å². The Balaban J connectivity index is 1.44. The molecule has 142 valence electrons. The average molecular weight is 397 g/mol. The van der Waals surface area contributed by atoms with Gasteiger partial charge in [0.05, 0.1) is 16.6 Å². The maximum atomic E-state index is 12.5. The van der Waals surface area contributed by atoms with Gasteiger partial charge in [0, 0.05) is 44.1 Å². The summed E-state index contributed by atoms with van der Waals surface area (Å²) in [6.45, 7) is 4.63. The lowest BCUT2D eigenvalue weighted by Gasteiger charge is -2.35. The van der Waals surface area contributed by atoms with Gasteiger partial charge in [-0.1, -0.05) is 11.6 Å². The van der Waals surface area contributed by atoms with E-state index in [2.05, 4.69) is 16.3 Å². The van der Waals surface area contributed by atoms with E-state index in [4.69, 9.17) is 16.0 Å². The van der Waals surface area contributed by atoms with Crippen molar-refractivity contribution < 1.29 is 9.21 Å². The molecular formula is C18H25ClN4O2S. The minimum Gasteiger partial charge on any atom is -0.468 e. The topological polar surface area (TPSA) is 52.0 Å². The monoisotopic (exact) mass is 396 g/mol. The Morgan fingerprint density at radius 3 is 2.65 bits per heavy atom. The van der Waals surface area contributed by atoms with Gasteiger partial charge in [0.2, 0.25) is 0 Å². The Morgan fingerprint density at radius 2 is 2.08 bits per heavy atom. The third kappa shape index (κ3) is 5.01. The molecule has 1 N–H and O–H groups in total. The number of amides is 2. The maximum Gasteiger partial charge on any atom is 0.317 e. The smallest absolute Gasteiger partial charge is 0.317 e. The number of hydrogen-bond donors (Lipinski definition) is 1. The van der Waals surface area contributed by atoms with Crippen molar-refractivity contribution in [1.82, 2.24) is 20.0 Å². The molecule has 1 fully saturated rings. The number of carbonyl (C=O) groups excluding carboxylic acids is 1. The zero-order chi connectivity index (χ0) is 18.5. The van der Waals surface area contributed by atoms with E-state index in [0.717, 1.165) is 42.8 Å². The van der Waals surface area contributed by atoms with Gasteiger partial charge in [-0.2, -0.15) is 0 Å². The maximum absolute atomic E-state index is 12.5. The number of urea groups is 1. The summed E-state index contributed by atoms with van der Waals surface area (Å²) in [6, 6.07) is 7.83. The summed E-state index contributed by atoms with van der Waals surface area (Å²) in [5.41, 5.74) is 0. The molecule has 26 heavy (non-hydrogen) atoms. The first-order chi connectivity index (χ1) is 12.5. The normalized spacial score (nSPS) is 16.8. The molecule has 0 spiro atoms. The third-order valence-corrected chi connectivity index (χ3v) is 5.83. The van der Waals surface area contributed by atoms with Gasteiger partial charge in [-0.3, -0.25) is 9.80 Å². The van der Waals surface area contributed by atoms with Crippen molar-refractivity contribution in [3.05, 3.63) is 45.5 Å². The molecule has 0 radical (unpaired) electrons. The Morgan fingerprint density at radius 1 is 1.31 bits per heavy atom. The fraction of sp³-hybridized carbons (Fsp3) is 0.500. The minimum absolute atomic E-state index is 0.0118. The van der Waals surface area contributed by atoms with Crippen LogP contribution in [0.5, 0.6) is 0 Å². The highest BCUT2D eigenvalue weighted by Gasteiger charge is 2.23. The van der Waals surface area contributed by atoms with E-state index >= 15 is 0 Å². The molecule has 0 aromatic carbocycles. The number of nitrogens with one attached hydrogen (secondary N) is 1. The SMILES string of the molecule is CN(C)C(CNC(=O)N1CCN(Cc2ccc(Cl)s2)CC1)c1ccco1. The largest absolute Gasteiger partial charge is 0.468 e. The Bertz CT molecular complexity index is 696. The van der Waals surface area contributed by atoms with Gasteiger partial charge in [0.25, 0.3) is 0 Å². The fourth-order valence-corrected chi connectivity index (χ4v) is 4.21. The summed E-state index contributed by atoms with van der Waals surface area (Å²) >= 11 is 7.61. The first-order valence-electron chi connectivity index (χ1n) is 8.72. The molecule has 1 atom stereocenters. The van der Waals surface area contributed by atoms with Crippen LogP contribution in [-0.2, 0) is 6.54 Å². The predicted molar refractivity (Wildman–Crippen MR) is 105 cm³/mol. The van der Waals surface area contributed by atoms with Gasteiger partial charge >= 0.3 is 6.03 Å². The van der Waals surface area contributed by atoms with Gasteiger partial charge < -0.3 is 14.6 Å². The first kappa shape index (κ1) is 19.2. The van der Waals surface area contributed by atoms with Gasteiger partial charge in [0.1, 0.15) is 5.76 Å². The van der Waals surface area contributed by atoms with E-state index in [1.54, 1.807) is 17.6 Å². The van der Waals surface area contributed by atoms with Crippen LogP contribution in [0.2, 0.25) is 4.34 Å². The molecule has 3 heterocycles. The second-order valence-corrected chi connectivity index (χ2v) is 8.45. The van der Waals surface area contributed by atoms with E-state index < -0.39 is 0 Å². The molecule has 2 amide bonds. The van der Waals surface area contributed by atoms with Crippen molar-refractivity contribution >= 4 is 29.0 Å². The Hall–Kier alpha value is -1.54. The van der Waals surface area contributed by atoms with Crippen molar-refractivity contribution in [3.63, 3.8) is 0 Å². The first-order valence-corrected chi connectivity index (χ1v) is 9.91. The molecule has 2 aromatic heterocycles. The molecule has 2 aromatic rings. The molecule has 1 aliphatic heterocycles. The van der Waals surface area contributed by atoms with Gasteiger partial charge in [-0.25, -0.2) is 4.79 Å². The van der Waals surface area contributed by atoms with Crippen LogP contribution in [0.25, 0.3) is 0 Å². The number of halogens is 1. The van der Waals surface area contributed by atoms with Crippen molar-refractivity contribution in [3.8, 4) is 0 Å². The van der Waals surface area contributed by atoms with Crippen molar-refractivity contribution in [1.29, 1.82) is 0 Å². The molecule has 1 saturated heterocycles. The summed E-state index contributed by atoms with van der Waals surface area (Å²) < 4.78 is 6.31. The van der Waals surface area contributed by atoms with E-state index in [0.29, 0.717) is 6.54 Å². The highest BCUT2D eigenvalue weighted by Crippen LogP contribution is 2.23. The number of piperazine rings is 1. The van der Waals surface area contributed by atoms with Crippen LogP contribution < -0.4 is 5.32 Å². The molecule has 1 unspecified atom stereocenters. The zero-order valence-corrected chi connectivity index (χ0v) is 16.7. The van der Waals surface area contributed by atoms with Crippen LogP contribution in [0.1, 0.15) is 16.7 Å². The standard InChI is InChI=1S/C18H25ClN4O2S/c1-21(2)15(16-4-3-11-25-16)12-20-18(24)23-9-7-22(8-10-23)13-14-5-6-17(19)26-14/h3-6,11,15H,7-10,12-13H2,1-2H3,(H,20,24). The lowest BCUT2D eigenvalue weighted by Crippen LogP contribution is -2.52. The number of likely N-dealkylation sites (N-methyl/N-ethyl adjacent to an activating group) is 1. The predicted octanol–water partition coefficient (Wildman–Crippen LogP) is 3.12. The number of rotatable bonds is 6. The zero-order valence-electron chi connectivity index (χ0n) is 15.2. The lowest BCUT2D eigenvalue weighted by molar-refractivity contribution is 0.133. The molecule has 0 aliphatic carbocycles. The Labute approximate surface area is 163 Å². The quantitative estimate of drug-likeness (QED) is 0.815. The molecule has 8 heteroatoms. The number of hydrogen-bond acceptors (Lipinski definition) is 5. The number of carbonyl (C=O) groups is 1. The van der Waals surface area contributed by atoms with Crippen molar-refractivity contribution in [2.75, 3.05) is 46.8 Å². The summed E-state index contributed by atoms with van der Waals surface area (Å²) in [5.74, 6) is 0.856. The van der Waals surface area contributed by atoms with E-state index in [9.17, 15) is 4.79 Å². The third-order valence-electron chi connectivity index (χ3n) is 4.61. The van der Waals surface area contributed by atoms with Crippen LogP contribution in [0, 0.1) is 0 Å². The van der Waals surface area contributed by atoms with Crippen molar-refractivity contribution in [2.24, 2.45) is 0 Å². The van der Waals surface area contributed by atoms with Gasteiger partial charge in [0.15, 0.2) is 0 Å². The van der Waals surface area contributed by atoms with Gasteiger partial charge in [-0.15, -0.1) is 11.3 Å². The molecule has 0 bridgehead atoms. The Kier molecular flexibility index (Phi) is 6.58. The van der Waals surface area contributed by atoms with Crippen LogP contribution >= 0.6 is 22.9 Å². The summed E-state index contributed by atoms with van der Waals surface area (Å²) in [4.78, 5) is 20.0. The van der Waals surface area contributed by atoms with Crippen molar-refractivity contribution in [2.45, 2.75) is 12.6 Å². The average Bonchev–Trinajstić information content (AvgIpc) is 3.27. The molecular weight excluding hydrogens is 372 g/mol. The van der Waals surface area contributed by atoms with E-state index in [1.165, 1.54) is 4.88 Å². The van der Waals surface area contributed by atoms with Crippen LogP contribution in [-0.4, -0.2) is 67.5 Å². The summed E-state index contributed by atoms with van der Waals surface area (Å²) in [7, 11) is 3.96.